The lowest BCUT2D eigenvalue weighted by atomic mass is 10.0. The number of methoxy groups -OCH3 is 3. The zero-order valence-electron chi connectivity index (χ0n) is 10.8. The van der Waals surface area contributed by atoms with E-state index in [2.05, 4.69) is 0 Å². The molecular formula is C13H20O4. The molecule has 0 saturated heterocycles. The van der Waals surface area contributed by atoms with Crippen LogP contribution in [0.1, 0.15) is 31.4 Å². The molecule has 1 unspecified atom stereocenters. The zero-order valence-corrected chi connectivity index (χ0v) is 10.8. The van der Waals surface area contributed by atoms with Crippen LogP contribution >= 0.6 is 0 Å². The van der Waals surface area contributed by atoms with E-state index in [0.29, 0.717) is 23.7 Å². The fourth-order valence-electron chi connectivity index (χ4n) is 1.74. The quantitative estimate of drug-likeness (QED) is 0.830. The van der Waals surface area contributed by atoms with E-state index in [1.165, 1.54) is 0 Å². The third-order valence-corrected chi connectivity index (χ3v) is 2.66. The van der Waals surface area contributed by atoms with E-state index in [0.717, 1.165) is 12.0 Å². The third-order valence-electron chi connectivity index (χ3n) is 2.66. The maximum atomic E-state index is 10.0. The molecule has 1 atom stereocenters. The van der Waals surface area contributed by atoms with Crippen molar-refractivity contribution in [2.45, 2.75) is 25.9 Å². The van der Waals surface area contributed by atoms with Gasteiger partial charge in [0.1, 0.15) is 5.75 Å². The smallest absolute Gasteiger partial charge is 0.164 e. The Kier molecular flexibility index (Phi) is 5.10. The summed E-state index contributed by atoms with van der Waals surface area (Å²) in [5.74, 6) is 1.80. The topological polar surface area (TPSA) is 47.9 Å². The van der Waals surface area contributed by atoms with Crippen molar-refractivity contribution in [2.75, 3.05) is 21.3 Å². The Labute approximate surface area is 102 Å². The summed E-state index contributed by atoms with van der Waals surface area (Å²) in [6.45, 7) is 2.02. The van der Waals surface area contributed by atoms with Crippen LogP contribution in [0.5, 0.6) is 17.2 Å². The number of aliphatic hydroxyl groups is 1. The highest BCUT2D eigenvalue weighted by Gasteiger charge is 2.17. The molecule has 0 aromatic heterocycles. The van der Waals surface area contributed by atoms with Crippen molar-refractivity contribution < 1.29 is 19.3 Å². The molecular weight excluding hydrogens is 220 g/mol. The van der Waals surface area contributed by atoms with Crippen LogP contribution in [-0.2, 0) is 0 Å². The second-order valence-corrected chi connectivity index (χ2v) is 3.75. The highest BCUT2D eigenvalue weighted by Crippen LogP contribution is 2.38. The summed E-state index contributed by atoms with van der Waals surface area (Å²) in [4.78, 5) is 0. The van der Waals surface area contributed by atoms with Crippen LogP contribution in [-0.4, -0.2) is 26.4 Å². The van der Waals surface area contributed by atoms with Gasteiger partial charge in [0.2, 0.25) is 0 Å². The predicted molar refractivity (Wildman–Crippen MR) is 66.0 cm³/mol. The average Bonchev–Trinajstić information content (AvgIpc) is 2.37. The first-order valence-corrected chi connectivity index (χ1v) is 5.65. The van der Waals surface area contributed by atoms with Crippen LogP contribution in [0.15, 0.2) is 12.1 Å². The van der Waals surface area contributed by atoms with Gasteiger partial charge in [-0.3, -0.25) is 0 Å². The van der Waals surface area contributed by atoms with Gasteiger partial charge in [-0.15, -0.1) is 0 Å². The Morgan fingerprint density at radius 2 is 1.53 bits per heavy atom. The van der Waals surface area contributed by atoms with E-state index in [-0.39, 0.29) is 0 Å². The van der Waals surface area contributed by atoms with Gasteiger partial charge >= 0.3 is 0 Å². The monoisotopic (exact) mass is 240 g/mol. The maximum absolute atomic E-state index is 10.0. The summed E-state index contributed by atoms with van der Waals surface area (Å²) in [7, 11) is 4.71. The Bertz CT molecular complexity index is 363. The molecule has 0 saturated carbocycles. The lowest BCUT2D eigenvalue weighted by molar-refractivity contribution is 0.161. The van der Waals surface area contributed by atoms with Gasteiger partial charge in [0.05, 0.1) is 27.4 Å². The number of benzene rings is 1. The second kappa shape index (κ2) is 6.35. The summed E-state index contributed by atoms with van der Waals surface area (Å²) in [6, 6.07) is 3.49. The van der Waals surface area contributed by atoms with E-state index >= 15 is 0 Å². The van der Waals surface area contributed by atoms with Crippen molar-refractivity contribution in [3.63, 3.8) is 0 Å². The molecule has 0 amide bonds. The van der Waals surface area contributed by atoms with Crippen molar-refractivity contribution >= 4 is 0 Å². The Hall–Kier alpha value is -1.42. The second-order valence-electron chi connectivity index (χ2n) is 3.75. The number of hydrogen-bond donors (Lipinski definition) is 1. The van der Waals surface area contributed by atoms with Crippen molar-refractivity contribution in [3.05, 3.63) is 17.7 Å². The first-order chi connectivity index (χ1) is 8.17. The van der Waals surface area contributed by atoms with Crippen molar-refractivity contribution in [1.29, 1.82) is 0 Å². The van der Waals surface area contributed by atoms with Gasteiger partial charge in [-0.2, -0.15) is 0 Å². The fourth-order valence-corrected chi connectivity index (χ4v) is 1.74. The fraction of sp³-hybridized carbons (Fsp3) is 0.538. The van der Waals surface area contributed by atoms with Crippen LogP contribution < -0.4 is 14.2 Å². The predicted octanol–water partition coefficient (Wildman–Crippen LogP) is 2.55. The first-order valence-electron chi connectivity index (χ1n) is 5.65. The minimum atomic E-state index is -0.547. The molecule has 1 aromatic carbocycles. The first kappa shape index (κ1) is 13.6. The van der Waals surface area contributed by atoms with Gasteiger partial charge in [0.25, 0.3) is 0 Å². The normalized spacial score (nSPS) is 12.1. The Morgan fingerprint density at radius 3 is 2.00 bits per heavy atom. The van der Waals surface area contributed by atoms with E-state index in [1.54, 1.807) is 33.5 Å². The molecule has 0 fully saturated rings. The van der Waals surface area contributed by atoms with E-state index < -0.39 is 6.10 Å². The average molecular weight is 240 g/mol. The standard InChI is InChI=1S/C13H20O4/c1-5-6-10(14)9-7-12(16-3)13(17-4)8-11(9)15-2/h7-8,10,14H,5-6H2,1-4H3. The lowest BCUT2D eigenvalue weighted by Gasteiger charge is -2.17. The molecule has 0 spiro atoms. The van der Waals surface area contributed by atoms with Crippen molar-refractivity contribution in [2.24, 2.45) is 0 Å². The van der Waals surface area contributed by atoms with E-state index in [1.807, 2.05) is 6.92 Å². The van der Waals surface area contributed by atoms with E-state index in [9.17, 15) is 5.11 Å². The van der Waals surface area contributed by atoms with Crippen LogP contribution in [0.2, 0.25) is 0 Å². The summed E-state index contributed by atoms with van der Waals surface area (Å²) < 4.78 is 15.7. The molecule has 0 radical (unpaired) electrons. The highest BCUT2D eigenvalue weighted by atomic mass is 16.5. The molecule has 0 heterocycles. The third kappa shape index (κ3) is 3.03. The summed E-state index contributed by atoms with van der Waals surface area (Å²) in [6.07, 6.45) is 1.04. The summed E-state index contributed by atoms with van der Waals surface area (Å²) in [5.41, 5.74) is 0.729. The van der Waals surface area contributed by atoms with Gasteiger partial charge < -0.3 is 19.3 Å². The van der Waals surface area contributed by atoms with Crippen molar-refractivity contribution in [1.82, 2.24) is 0 Å². The van der Waals surface area contributed by atoms with Gasteiger partial charge in [0, 0.05) is 11.6 Å². The van der Waals surface area contributed by atoms with E-state index in [4.69, 9.17) is 14.2 Å². The summed E-state index contributed by atoms with van der Waals surface area (Å²) >= 11 is 0. The van der Waals surface area contributed by atoms with Gasteiger partial charge in [-0.25, -0.2) is 0 Å². The minimum absolute atomic E-state index is 0.547. The molecule has 1 rings (SSSR count). The lowest BCUT2D eigenvalue weighted by Crippen LogP contribution is -2.02. The molecule has 0 aliphatic rings. The molecule has 17 heavy (non-hydrogen) atoms. The van der Waals surface area contributed by atoms with Gasteiger partial charge in [0.15, 0.2) is 11.5 Å². The number of ether oxygens (including phenoxy) is 3. The van der Waals surface area contributed by atoms with Gasteiger partial charge in [-0.1, -0.05) is 13.3 Å². The molecule has 1 aromatic rings. The molecule has 4 heteroatoms. The minimum Gasteiger partial charge on any atom is -0.496 e. The zero-order chi connectivity index (χ0) is 12.8. The van der Waals surface area contributed by atoms with Crippen LogP contribution in [0.3, 0.4) is 0 Å². The highest BCUT2D eigenvalue weighted by molar-refractivity contribution is 5.51. The Morgan fingerprint density at radius 1 is 1.00 bits per heavy atom. The number of hydrogen-bond acceptors (Lipinski definition) is 4. The van der Waals surface area contributed by atoms with Gasteiger partial charge in [-0.05, 0) is 12.5 Å². The SMILES string of the molecule is CCCC(O)c1cc(OC)c(OC)cc1OC. The number of rotatable bonds is 6. The van der Waals surface area contributed by atoms with Crippen LogP contribution in [0.4, 0.5) is 0 Å². The molecule has 0 aliphatic heterocycles. The largest absolute Gasteiger partial charge is 0.496 e. The Balaban J connectivity index is 3.18. The summed E-state index contributed by atoms with van der Waals surface area (Å²) in [5, 5.41) is 10.0. The van der Waals surface area contributed by atoms with Crippen molar-refractivity contribution in [3.8, 4) is 17.2 Å². The molecule has 0 aliphatic carbocycles. The van der Waals surface area contributed by atoms with Crippen LogP contribution in [0, 0.1) is 0 Å². The van der Waals surface area contributed by atoms with Crippen LogP contribution in [0.25, 0.3) is 0 Å². The maximum Gasteiger partial charge on any atom is 0.164 e. The number of aliphatic hydroxyl groups excluding tert-OH is 1. The molecule has 4 nitrogen and oxygen atoms in total. The molecule has 1 N–H and O–H groups in total. The molecule has 96 valence electrons. The molecule has 0 bridgehead atoms.